The van der Waals surface area contributed by atoms with E-state index in [0.717, 1.165) is 31.9 Å². The molecule has 3 heterocycles. The minimum absolute atomic E-state index is 0.378. The van der Waals surface area contributed by atoms with Gasteiger partial charge in [-0.25, -0.2) is 0 Å². The smallest absolute Gasteiger partial charge is 0.180 e. The van der Waals surface area contributed by atoms with Crippen LogP contribution >= 0.6 is 11.6 Å². The van der Waals surface area contributed by atoms with E-state index >= 15 is 0 Å². The second-order valence-corrected chi connectivity index (χ2v) is 4.26. The highest BCUT2D eigenvalue weighted by Crippen LogP contribution is 2.27. The van der Waals surface area contributed by atoms with Crippen LogP contribution in [0.4, 0.5) is 0 Å². The zero-order valence-electron chi connectivity index (χ0n) is 8.64. The van der Waals surface area contributed by atoms with Crippen LogP contribution in [0.2, 0.25) is 5.15 Å². The average Bonchev–Trinajstić information content (AvgIpc) is 2.75. The van der Waals surface area contributed by atoms with Gasteiger partial charge in [-0.3, -0.25) is 9.38 Å². The third kappa shape index (κ3) is 1.56. The van der Waals surface area contributed by atoms with Gasteiger partial charge in [-0.05, 0) is 12.8 Å². The van der Waals surface area contributed by atoms with Gasteiger partial charge in [-0.1, -0.05) is 11.6 Å². The Labute approximate surface area is 97.4 Å². The highest BCUT2D eigenvalue weighted by Gasteiger charge is 2.22. The van der Waals surface area contributed by atoms with Crippen molar-refractivity contribution in [1.29, 1.82) is 0 Å². The Bertz CT molecular complexity index is 506. The van der Waals surface area contributed by atoms with Gasteiger partial charge >= 0.3 is 0 Å². The molecule has 84 valence electrons. The summed E-state index contributed by atoms with van der Waals surface area (Å²) in [6.07, 6.45) is 5.22. The first-order valence-electron chi connectivity index (χ1n) is 5.28. The Balaban J connectivity index is 2.09. The summed E-state index contributed by atoms with van der Waals surface area (Å²) in [5.41, 5.74) is 0.703. The SMILES string of the molecule is Clc1cncc2nnc(C3CCOCC3)n12. The van der Waals surface area contributed by atoms with Gasteiger partial charge in [-0.15, -0.1) is 10.2 Å². The maximum Gasteiger partial charge on any atom is 0.180 e. The maximum absolute atomic E-state index is 6.11. The standard InChI is InChI=1S/C10H11ClN4O/c11-8-5-12-6-9-13-14-10(15(8)9)7-1-3-16-4-2-7/h5-7H,1-4H2. The molecule has 0 amide bonds. The topological polar surface area (TPSA) is 52.3 Å². The summed E-state index contributed by atoms with van der Waals surface area (Å²) >= 11 is 6.11. The van der Waals surface area contributed by atoms with Crippen LogP contribution < -0.4 is 0 Å². The van der Waals surface area contributed by atoms with Gasteiger partial charge in [0.05, 0.1) is 12.4 Å². The van der Waals surface area contributed by atoms with Crippen LogP contribution in [0.1, 0.15) is 24.6 Å². The van der Waals surface area contributed by atoms with Gasteiger partial charge in [0.2, 0.25) is 0 Å². The molecule has 0 saturated carbocycles. The number of hydrogen-bond donors (Lipinski definition) is 0. The van der Waals surface area contributed by atoms with Crippen LogP contribution in [0.25, 0.3) is 5.65 Å². The van der Waals surface area contributed by atoms with Gasteiger partial charge < -0.3 is 4.74 Å². The molecule has 1 aliphatic rings. The Morgan fingerprint density at radius 2 is 2.06 bits per heavy atom. The van der Waals surface area contributed by atoms with Crippen molar-refractivity contribution in [2.75, 3.05) is 13.2 Å². The number of fused-ring (bicyclic) bond motifs is 1. The van der Waals surface area contributed by atoms with E-state index < -0.39 is 0 Å². The van der Waals surface area contributed by atoms with Crippen LogP contribution in [-0.2, 0) is 4.74 Å². The monoisotopic (exact) mass is 238 g/mol. The van der Waals surface area contributed by atoms with Crippen molar-refractivity contribution in [1.82, 2.24) is 19.6 Å². The van der Waals surface area contributed by atoms with Crippen LogP contribution in [0.15, 0.2) is 12.4 Å². The van der Waals surface area contributed by atoms with Crippen LogP contribution in [0.5, 0.6) is 0 Å². The lowest BCUT2D eigenvalue weighted by Gasteiger charge is -2.20. The van der Waals surface area contributed by atoms with E-state index in [1.54, 1.807) is 12.4 Å². The lowest BCUT2D eigenvalue weighted by Crippen LogP contribution is -2.16. The normalized spacial score (nSPS) is 18.1. The van der Waals surface area contributed by atoms with E-state index in [1.807, 2.05) is 4.40 Å². The molecule has 1 saturated heterocycles. The zero-order chi connectivity index (χ0) is 11.0. The van der Waals surface area contributed by atoms with Crippen molar-refractivity contribution in [3.63, 3.8) is 0 Å². The minimum Gasteiger partial charge on any atom is -0.381 e. The molecule has 5 nitrogen and oxygen atoms in total. The summed E-state index contributed by atoms with van der Waals surface area (Å²) in [6.45, 7) is 1.56. The van der Waals surface area contributed by atoms with E-state index in [9.17, 15) is 0 Å². The number of nitrogens with zero attached hydrogens (tertiary/aromatic N) is 4. The molecule has 6 heteroatoms. The molecule has 0 radical (unpaired) electrons. The van der Waals surface area contributed by atoms with Gasteiger partial charge in [0.1, 0.15) is 11.0 Å². The van der Waals surface area contributed by atoms with E-state index in [4.69, 9.17) is 16.3 Å². The minimum atomic E-state index is 0.378. The summed E-state index contributed by atoms with van der Waals surface area (Å²) in [7, 11) is 0. The number of aromatic nitrogens is 4. The molecule has 0 aromatic carbocycles. The molecule has 0 atom stereocenters. The van der Waals surface area contributed by atoms with E-state index in [1.165, 1.54) is 0 Å². The number of halogens is 1. The van der Waals surface area contributed by atoms with Crippen molar-refractivity contribution < 1.29 is 4.74 Å². The van der Waals surface area contributed by atoms with Crippen LogP contribution in [0.3, 0.4) is 0 Å². The fourth-order valence-corrected chi connectivity index (χ4v) is 2.28. The van der Waals surface area contributed by atoms with E-state index in [0.29, 0.717) is 16.7 Å². The average molecular weight is 239 g/mol. The quantitative estimate of drug-likeness (QED) is 0.759. The second kappa shape index (κ2) is 3.99. The molecular formula is C10H11ClN4O. The van der Waals surface area contributed by atoms with Gasteiger partial charge in [0.25, 0.3) is 0 Å². The molecule has 16 heavy (non-hydrogen) atoms. The molecule has 0 unspecified atom stereocenters. The summed E-state index contributed by atoms with van der Waals surface area (Å²) in [5, 5.41) is 8.85. The predicted molar refractivity (Wildman–Crippen MR) is 58.6 cm³/mol. The third-order valence-electron chi connectivity index (χ3n) is 2.88. The highest BCUT2D eigenvalue weighted by atomic mass is 35.5. The zero-order valence-corrected chi connectivity index (χ0v) is 9.39. The van der Waals surface area contributed by atoms with Crippen molar-refractivity contribution >= 4 is 17.2 Å². The first-order valence-corrected chi connectivity index (χ1v) is 5.66. The van der Waals surface area contributed by atoms with Gasteiger partial charge in [0.15, 0.2) is 5.65 Å². The lowest BCUT2D eigenvalue weighted by molar-refractivity contribution is 0.0834. The maximum atomic E-state index is 6.11. The Morgan fingerprint density at radius 3 is 2.88 bits per heavy atom. The molecular weight excluding hydrogens is 228 g/mol. The first kappa shape index (κ1) is 9.99. The molecule has 1 fully saturated rings. The Hall–Kier alpha value is -1.20. The molecule has 0 bridgehead atoms. The predicted octanol–water partition coefficient (Wildman–Crippen LogP) is 1.67. The molecule has 0 N–H and O–H groups in total. The third-order valence-corrected chi connectivity index (χ3v) is 3.15. The molecule has 0 spiro atoms. The van der Waals surface area contributed by atoms with E-state index in [2.05, 4.69) is 15.2 Å². The second-order valence-electron chi connectivity index (χ2n) is 3.87. The van der Waals surface area contributed by atoms with Gasteiger partial charge in [0, 0.05) is 19.1 Å². The molecule has 3 rings (SSSR count). The molecule has 2 aromatic heterocycles. The highest BCUT2D eigenvalue weighted by molar-refractivity contribution is 6.29. The summed E-state index contributed by atoms with van der Waals surface area (Å²) in [6, 6.07) is 0. The number of hydrogen-bond acceptors (Lipinski definition) is 4. The fraction of sp³-hybridized carbons (Fsp3) is 0.500. The van der Waals surface area contributed by atoms with Crippen LogP contribution in [-0.4, -0.2) is 32.8 Å². The summed E-state index contributed by atoms with van der Waals surface area (Å²) in [4.78, 5) is 3.99. The molecule has 0 aliphatic carbocycles. The summed E-state index contributed by atoms with van der Waals surface area (Å²) < 4.78 is 7.20. The van der Waals surface area contributed by atoms with Crippen molar-refractivity contribution in [3.05, 3.63) is 23.4 Å². The number of rotatable bonds is 1. The summed E-state index contributed by atoms with van der Waals surface area (Å²) in [5.74, 6) is 1.30. The van der Waals surface area contributed by atoms with Crippen molar-refractivity contribution in [3.8, 4) is 0 Å². The van der Waals surface area contributed by atoms with E-state index in [-0.39, 0.29) is 0 Å². The first-order chi connectivity index (χ1) is 7.86. The molecule has 1 aliphatic heterocycles. The Morgan fingerprint density at radius 1 is 1.25 bits per heavy atom. The Kier molecular flexibility index (Phi) is 2.49. The lowest BCUT2D eigenvalue weighted by atomic mass is 10.00. The van der Waals surface area contributed by atoms with Gasteiger partial charge in [-0.2, -0.15) is 0 Å². The molecule has 2 aromatic rings. The fourth-order valence-electron chi connectivity index (χ4n) is 2.05. The van der Waals surface area contributed by atoms with Crippen molar-refractivity contribution in [2.45, 2.75) is 18.8 Å². The largest absolute Gasteiger partial charge is 0.381 e. The number of ether oxygens (including phenoxy) is 1. The van der Waals surface area contributed by atoms with Crippen molar-refractivity contribution in [2.24, 2.45) is 0 Å². The van der Waals surface area contributed by atoms with Crippen LogP contribution in [0, 0.1) is 0 Å².